The normalized spacial score (nSPS) is 10.2. The number of ether oxygens (including phenoxy) is 3. The zero-order chi connectivity index (χ0) is 22.4. The fraction of sp³-hybridized carbons (Fsp3) is 0.350. The number of nitrogens with one attached hydrogen (secondary N) is 2. The zero-order valence-corrected chi connectivity index (χ0v) is 17.7. The zero-order valence-electron chi connectivity index (χ0n) is 17.7. The van der Waals surface area contributed by atoms with Gasteiger partial charge in [0.2, 0.25) is 23.5 Å². The van der Waals surface area contributed by atoms with Crippen LogP contribution < -0.4 is 24.8 Å². The van der Waals surface area contributed by atoms with E-state index in [-0.39, 0.29) is 41.5 Å². The summed E-state index contributed by atoms with van der Waals surface area (Å²) < 4.78 is 16.2. The fourth-order valence-electron chi connectivity index (χ4n) is 2.97. The van der Waals surface area contributed by atoms with E-state index >= 15 is 0 Å². The Morgan fingerprint density at radius 1 is 0.900 bits per heavy atom. The number of hydrogen-bond donors (Lipinski definition) is 2. The Kier molecular flexibility index (Phi) is 7.29. The third-order valence-corrected chi connectivity index (χ3v) is 4.09. The van der Waals surface area contributed by atoms with E-state index in [1.54, 1.807) is 6.07 Å². The number of aromatic nitrogens is 2. The Morgan fingerprint density at radius 3 is 2.03 bits per heavy atom. The lowest BCUT2D eigenvalue weighted by atomic mass is 9.96. The number of methoxy groups -OCH3 is 3. The molecular formula is C20H24N4O6. The first kappa shape index (κ1) is 22.6. The molecule has 2 N–H and O–H groups in total. The van der Waals surface area contributed by atoms with Gasteiger partial charge in [-0.1, -0.05) is 0 Å². The molecule has 0 saturated heterocycles. The van der Waals surface area contributed by atoms with Crippen LogP contribution in [0, 0.1) is 0 Å². The van der Waals surface area contributed by atoms with Gasteiger partial charge in [-0.25, -0.2) is 4.98 Å². The minimum absolute atomic E-state index is 0.0479. The summed E-state index contributed by atoms with van der Waals surface area (Å²) in [7, 11) is 4.36. The highest BCUT2D eigenvalue weighted by Gasteiger charge is 2.24. The number of hydrogen-bond acceptors (Lipinski definition) is 8. The standard InChI is InChI=1S/C20H24N4O6/c1-10(25)16-13(8-15(28-4)17(29-5)18(16)30-6)7-14-9-21-20(23-12(3)27)24-19(14)22-11(2)26/h8-9H,7H2,1-6H3,(H2,21,22,23,24,26,27). The summed E-state index contributed by atoms with van der Waals surface area (Å²) in [6.07, 6.45) is 1.65. The molecule has 0 aliphatic heterocycles. The highest BCUT2D eigenvalue weighted by Crippen LogP contribution is 2.43. The largest absolute Gasteiger partial charge is 0.493 e. The third-order valence-electron chi connectivity index (χ3n) is 4.09. The first-order valence-corrected chi connectivity index (χ1v) is 8.95. The summed E-state index contributed by atoms with van der Waals surface area (Å²) in [5, 5.41) is 5.09. The van der Waals surface area contributed by atoms with Gasteiger partial charge in [0.05, 0.1) is 26.9 Å². The van der Waals surface area contributed by atoms with Gasteiger partial charge in [0, 0.05) is 32.0 Å². The maximum Gasteiger partial charge on any atom is 0.231 e. The Hall–Kier alpha value is -3.69. The number of nitrogens with zero attached hydrogens (tertiary/aromatic N) is 2. The van der Waals surface area contributed by atoms with Gasteiger partial charge in [0.25, 0.3) is 0 Å². The van der Waals surface area contributed by atoms with Gasteiger partial charge in [-0.2, -0.15) is 4.98 Å². The van der Waals surface area contributed by atoms with E-state index in [9.17, 15) is 14.4 Å². The van der Waals surface area contributed by atoms with E-state index in [1.165, 1.54) is 48.3 Å². The van der Waals surface area contributed by atoms with Crippen molar-refractivity contribution in [3.05, 3.63) is 29.0 Å². The van der Waals surface area contributed by atoms with E-state index < -0.39 is 0 Å². The fourth-order valence-corrected chi connectivity index (χ4v) is 2.97. The van der Waals surface area contributed by atoms with Gasteiger partial charge in [-0.15, -0.1) is 0 Å². The van der Waals surface area contributed by atoms with Crippen LogP contribution in [0.3, 0.4) is 0 Å². The number of benzene rings is 1. The van der Waals surface area contributed by atoms with Crippen molar-refractivity contribution in [2.75, 3.05) is 32.0 Å². The summed E-state index contributed by atoms with van der Waals surface area (Å²) in [6, 6.07) is 1.66. The van der Waals surface area contributed by atoms with Gasteiger partial charge >= 0.3 is 0 Å². The topological polar surface area (TPSA) is 129 Å². The number of anilines is 2. The van der Waals surface area contributed by atoms with Crippen molar-refractivity contribution in [1.82, 2.24) is 9.97 Å². The molecule has 1 aromatic carbocycles. The van der Waals surface area contributed by atoms with E-state index in [0.29, 0.717) is 28.2 Å². The molecule has 0 saturated carbocycles. The monoisotopic (exact) mass is 416 g/mol. The molecule has 0 atom stereocenters. The molecule has 0 spiro atoms. The van der Waals surface area contributed by atoms with E-state index in [2.05, 4.69) is 20.6 Å². The number of Topliss-reactive ketones (excluding diaryl/α,β-unsaturated/α-hetero) is 1. The number of carbonyl (C=O) groups excluding carboxylic acids is 3. The SMILES string of the molecule is COc1cc(Cc2cnc(NC(C)=O)nc2NC(C)=O)c(C(C)=O)c(OC)c1OC. The lowest BCUT2D eigenvalue weighted by molar-refractivity contribution is -0.115. The summed E-state index contributed by atoms with van der Waals surface area (Å²) in [4.78, 5) is 43.7. The number of ketones is 1. The van der Waals surface area contributed by atoms with E-state index in [4.69, 9.17) is 14.2 Å². The number of carbonyl (C=O) groups is 3. The molecule has 10 heteroatoms. The predicted molar refractivity (Wildman–Crippen MR) is 110 cm³/mol. The van der Waals surface area contributed by atoms with Gasteiger partial charge in [-0.3, -0.25) is 19.7 Å². The first-order valence-electron chi connectivity index (χ1n) is 8.95. The highest BCUT2D eigenvalue weighted by atomic mass is 16.5. The second-order valence-electron chi connectivity index (χ2n) is 6.34. The van der Waals surface area contributed by atoms with Crippen LogP contribution in [0.25, 0.3) is 0 Å². The van der Waals surface area contributed by atoms with Crippen LogP contribution in [-0.2, 0) is 16.0 Å². The van der Waals surface area contributed by atoms with Crippen molar-refractivity contribution in [2.24, 2.45) is 0 Å². The predicted octanol–water partition coefficient (Wildman–Crippen LogP) is 2.21. The Labute approximate surface area is 174 Å². The molecule has 0 bridgehead atoms. The summed E-state index contributed by atoms with van der Waals surface area (Å²) >= 11 is 0. The molecule has 0 aliphatic rings. The molecule has 2 aromatic rings. The van der Waals surface area contributed by atoms with Crippen molar-refractivity contribution in [3.63, 3.8) is 0 Å². The molecular weight excluding hydrogens is 392 g/mol. The second kappa shape index (κ2) is 9.68. The van der Waals surface area contributed by atoms with Crippen LogP contribution in [0.5, 0.6) is 17.2 Å². The quantitative estimate of drug-likeness (QED) is 0.627. The van der Waals surface area contributed by atoms with Crippen LogP contribution in [-0.4, -0.2) is 48.9 Å². The van der Waals surface area contributed by atoms with E-state index in [0.717, 1.165) is 0 Å². The van der Waals surface area contributed by atoms with Crippen molar-refractivity contribution >= 4 is 29.4 Å². The molecule has 30 heavy (non-hydrogen) atoms. The molecule has 0 unspecified atom stereocenters. The first-order chi connectivity index (χ1) is 14.2. The number of amides is 2. The average molecular weight is 416 g/mol. The van der Waals surface area contributed by atoms with Crippen molar-refractivity contribution in [2.45, 2.75) is 27.2 Å². The maximum atomic E-state index is 12.4. The minimum Gasteiger partial charge on any atom is -0.493 e. The van der Waals surface area contributed by atoms with Gasteiger partial charge in [0.1, 0.15) is 5.82 Å². The lowest BCUT2D eigenvalue weighted by Crippen LogP contribution is -2.15. The molecule has 10 nitrogen and oxygen atoms in total. The van der Waals surface area contributed by atoms with Gasteiger partial charge in [-0.05, 0) is 18.6 Å². The molecule has 160 valence electrons. The van der Waals surface area contributed by atoms with Crippen molar-refractivity contribution < 1.29 is 28.6 Å². The van der Waals surface area contributed by atoms with Crippen LogP contribution >= 0.6 is 0 Å². The van der Waals surface area contributed by atoms with Crippen molar-refractivity contribution in [1.29, 1.82) is 0 Å². The smallest absolute Gasteiger partial charge is 0.231 e. The molecule has 1 aromatic heterocycles. The second-order valence-corrected chi connectivity index (χ2v) is 6.34. The highest BCUT2D eigenvalue weighted by molar-refractivity contribution is 6.00. The van der Waals surface area contributed by atoms with Gasteiger partial charge < -0.3 is 19.5 Å². The summed E-state index contributed by atoms with van der Waals surface area (Å²) in [5.41, 5.74) is 1.41. The third kappa shape index (κ3) is 5.02. The van der Waals surface area contributed by atoms with Gasteiger partial charge in [0.15, 0.2) is 17.3 Å². The van der Waals surface area contributed by atoms with Crippen LogP contribution in [0.15, 0.2) is 12.3 Å². The lowest BCUT2D eigenvalue weighted by Gasteiger charge is -2.19. The molecule has 0 fully saturated rings. The Morgan fingerprint density at radius 2 is 1.53 bits per heavy atom. The minimum atomic E-state index is -0.347. The average Bonchev–Trinajstić information content (AvgIpc) is 2.67. The molecule has 0 radical (unpaired) electrons. The number of rotatable bonds is 8. The molecule has 0 aliphatic carbocycles. The van der Waals surface area contributed by atoms with E-state index in [1.807, 2.05) is 0 Å². The summed E-state index contributed by atoms with van der Waals surface area (Å²) in [5.74, 6) is 0.256. The molecule has 2 rings (SSSR count). The van der Waals surface area contributed by atoms with Crippen LogP contribution in [0.2, 0.25) is 0 Å². The summed E-state index contributed by atoms with van der Waals surface area (Å²) in [6.45, 7) is 4.08. The maximum absolute atomic E-state index is 12.4. The Balaban J connectivity index is 2.64. The van der Waals surface area contributed by atoms with Crippen LogP contribution in [0.1, 0.15) is 42.3 Å². The molecule has 1 heterocycles. The van der Waals surface area contributed by atoms with Crippen molar-refractivity contribution in [3.8, 4) is 17.2 Å². The Bertz CT molecular complexity index is 990. The molecule has 2 amide bonds. The van der Waals surface area contributed by atoms with Crippen LogP contribution in [0.4, 0.5) is 11.8 Å².